The predicted molar refractivity (Wildman–Crippen MR) is 116 cm³/mol. The standard InChI is InChI=1S/C25H34N2O3/c1-5-30-22(29)27-26-18-8-10-23(3)16(12-18)6-7-19-20(23)9-11-24(4)21(19)13-17-14-25(17,24)15(2)28/h6-7,12,17,19-21H,5,8-11,13-14H2,1-4H3,(H,27,29). The second-order valence-corrected chi connectivity index (χ2v) is 10.7. The van der Waals surface area contributed by atoms with Gasteiger partial charge in [0.25, 0.3) is 0 Å². The lowest BCUT2D eigenvalue weighted by atomic mass is 9.47. The van der Waals surface area contributed by atoms with Crippen molar-refractivity contribution in [2.45, 2.75) is 66.2 Å². The number of nitrogens with one attached hydrogen (secondary N) is 1. The fraction of sp³-hybridized carbons (Fsp3) is 0.720. The molecular formula is C25H34N2O3. The average molecular weight is 411 g/mol. The van der Waals surface area contributed by atoms with Gasteiger partial charge in [-0.05, 0) is 98.5 Å². The summed E-state index contributed by atoms with van der Waals surface area (Å²) < 4.78 is 4.90. The van der Waals surface area contributed by atoms with Gasteiger partial charge in [0.2, 0.25) is 0 Å². The Labute approximate surface area is 179 Å². The van der Waals surface area contributed by atoms with E-state index in [9.17, 15) is 9.59 Å². The van der Waals surface area contributed by atoms with Crippen LogP contribution in [-0.4, -0.2) is 24.2 Å². The molecule has 0 aliphatic heterocycles. The monoisotopic (exact) mass is 410 g/mol. The highest BCUT2D eigenvalue weighted by Crippen LogP contribution is 2.80. The van der Waals surface area contributed by atoms with E-state index in [4.69, 9.17) is 4.74 Å². The van der Waals surface area contributed by atoms with Gasteiger partial charge in [0.05, 0.1) is 12.3 Å². The molecule has 1 amide bonds. The topological polar surface area (TPSA) is 67.8 Å². The molecular weight excluding hydrogens is 376 g/mol. The van der Waals surface area contributed by atoms with Gasteiger partial charge in [-0.1, -0.05) is 26.0 Å². The first-order chi connectivity index (χ1) is 14.3. The van der Waals surface area contributed by atoms with Gasteiger partial charge in [-0.2, -0.15) is 5.10 Å². The summed E-state index contributed by atoms with van der Waals surface area (Å²) in [4.78, 5) is 24.2. The molecule has 5 nitrogen and oxygen atoms in total. The summed E-state index contributed by atoms with van der Waals surface area (Å²) in [5.74, 6) is 2.91. The summed E-state index contributed by atoms with van der Waals surface area (Å²) in [6.45, 7) is 8.81. The second kappa shape index (κ2) is 6.54. The van der Waals surface area contributed by atoms with E-state index >= 15 is 0 Å². The summed E-state index contributed by atoms with van der Waals surface area (Å²) >= 11 is 0. The van der Waals surface area contributed by atoms with Crippen LogP contribution in [0.2, 0.25) is 0 Å². The van der Waals surface area contributed by atoms with E-state index < -0.39 is 6.09 Å². The molecule has 162 valence electrons. The third-order valence-corrected chi connectivity index (χ3v) is 9.78. The van der Waals surface area contributed by atoms with Gasteiger partial charge in [-0.3, -0.25) is 4.79 Å². The fourth-order valence-corrected chi connectivity index (χ4v) is 8.14. The molecule has 0 heterocycles. The number of ketones is 1. The Morgan fingerprint density at radius 2 is 2.07 bits per heavy atom. The molecule has 30 heavy (non-hydrogen) atoms. The summed E-state index contributed by atoms with van der Waals surface area (Å²) in [6, 6.07) is 0. The minimum absolute atomic E-state index is 0.0152. The minimum atomic E-state index is -0.498. The number of hydrazone groups is 1. The lowest BCUT2D eigenvalue weighted by molar-refractivity contribution is -0.130. The van der Waals surface area contributed by atoms with E-state index in [1.165, 1.54) is 24.8 Å². The molecule has 5 rings (SSSR count). The molecule has 0 spiro atoms. The SMILES string of the molecule is CCOC(=O)NN=C1C=C2C=CC3C(CCC4(C)C3CC3CC34C(C)=O)C2(C)CC1. The van der Waals surface area contributed by atoms with Gasteiger partial charge in [0.1, 0.15) is 5.78 Å². The number of rotatable bonds is 3. The van der Waals surface area contributed by atoms with Gasteiger partial charge < -0.3 is 4.74 Å². The third kappa shape index (κ3) is 2.50. The number of fused-ring (bicyclic) bond motifs is 7. The van der Waals surface area contributed by atoms with Gasteiger partial charge in [0.15, 0.2) is 0 Å². The van der Waals surface area contributed by atoms with Crippen molar-refractivity contribution in [1.29, 1.82) is 0 Å². The Bertz CT molecular complexity index is 889. The zero-order chi connectivity index (χ0) is 21.3. The Kier molecular flexibility index (Phi) is 4.37. The number of carbonyl (C=O) groups excluding carboxylic acids is 2. The lowest BCUT2D eigenvalue weighted by Gasteiger charge is -2.57. The molecule has 5 aliphatic carbocycles. The van der Waals surface area contributed by atoms with Gasteiger partial charge >= 0.3 is 6.09 Å². The first kappa shape index (κ1) is 20.0. The van der Waals surface area contributed by atoms with Crippen LogP contribution in [0.25, 0.3) is 0 Å². The fourth-order valence-electron chi connectivity index (χ4n) is 8.14. The zero-order valence-corrected chi connectivity index (χ0v) is 18.7. The summed E-state index contributed by atoms with van der Waals surface area (Å²) in [5, 5.41) is 4.28. The highest BCUT2D eigenvalue weighted by molar-refractivity contribution is 5.97. The Morgan fingerprint density at radius 1 is 1.27 bits per heavy atom. The maximum absolute atomic E-state index is 12.6. The van der Waals surface area contributed by atoms with E-state index in [2.05, 4.69) is 42.6 Å². The van der Waals surface area contributed by atoms with Crippen LogP contribution in [0.4, 0.5) is 4.79 Å². The van der Waals surface area contributed by atoms with Gasteiger partial charge in [-0.15, -0.1) is 0 Å². The summed E-state index contributed by atoms with van der Waals surface area (Å²) in [5.41, 5.74) is 5.07. The van der Waals surface area contributed by atoms with Crippen molar-refractivity contribution in [2.75, 3.05) is 6.61 Å². The molecule has 0 bridgehead atoms. The number of hydrogen-bond donors (Lipinski definition) is 1. The van der Waals surface area contributed by atoms with Crippen LogP contribution in [0.15, 0.2) is 28.9 Å². The maximum atomic E-state index is 12.6. The highest BCUT2D eigenvalue weighted by atomic mass is 16.5. The van der Waals surface area contributed by atoms with Crippen molar-refractivity contribution in [3.8, 4) is 0 Å². The van der Waals surface area contributed by atoms with E-state index in [1.807, 2.05) is 6.92 Å². The number of nitrogens with zero attached hydrogens (tertiary/aromatic N) is 1. The number of hydrogen-bond acceptors (Lipinski definition) is 4. The Balaban J connectivity index is 1.41. The number of Topliss-reactive ketones (excluding diaryl/α,β-unsaturated/α-hetero) is 1. The van der Waals surface area contributed by atoms with Gasteiger partial charge in [-0.25, -0.2) is 10.2 Å². The van der Waals surface area contributed by atoms with Crippen LogP contribution in [-0.2, 0) is 9.53 Å². The lowest BCUT2D eigenvalue weighted by Crippen LogP contribution is -2.51. The number of carbonyl (C=O) groups is 2. The maximum Gasteiger partial charge on any atom is 0.427 e. The number of amides is 1. The molecule has 7 unspecified atom stereocenters. The molecule has 0 aromatic rings. The van der Waals surface area contributed by atoms with Crippen molar-refractivity contribution in [3.63, 3.8) is 0 Å². The molecule has 0 radical (unpaired) electrons. The number of allylic oxidation sites excluding steroid dienone is 4. The number of ether oxygens (including phenoxy) is 1. The quantitative estimate of drug-likeness (QED) is 0.663. The van der Waals surface area contributed by atoms with Crippen molar-refractivity contribution in [3.05, 3.63) is 23.8 Å². The van der Waals surface area contributed by atoms with E-state index in [-0.39, 0.29) is 16.2 Å². The van der Waals surface area contributed by atoms with Crippen LogP contribution in [0.3, 0.4) is 0 Å². The molecule has 0 aromatic carbocycles. The van der Waals surface area contributed by atoms with E-state index in [0.29, 0.717) is 36.1 Å². The summed E-state index contributed by atoms with van der Waals surface area (Å²) in [6.07, 6.45) is 13.1. The van der Waals surface area contributed by atoms with E-state index in [0.717, 1.165) is 25.0 Å². The van der Waals surface area contributed by atoms with E-state index in [1.54, 1.807) is 6.92 Å². The molecule has 7 atom stereocenters. The minimum Gasteiger partial charge on any atom is -0.449 e. The molecule has 3 saturated carbocycles. The predicted octanol–water partition coefficient (Wildman–Crippen LogP) is 5.03. The molecule has 0 aromatic heterocycles. The first-order valence-corrected chi connectivity index (χ1v) is 11.7. The molecule has 3 fully saturated rings. The van der Waals surface area contributed by atoms with Crippen molar-refractivity contribution in [2.24, 2.45) is 45.0 Å². The van der Waals surface area contributed by atoms with Crippen LogP contribution in [0.5, 0.6) is 0 Å². The smallest absolute Gasteiger partial charge is 0.427 e. The molecule has 1 N–H and O–H groups in total. The third-order valence-electron chi connectivity index (χ3n) is 9.78. The highest BCUT2D eigenvalue weighted by Gasteiger charge is 2.76. The Morgan fingerprint density at radius 3 is 2.80 bits per heavy atom. The van der Waals surface area contributed by atoms with Crippen molar-refractivity contribution < 1.29 is 14.3 Å². The largest absolute Gasteiger partial charge is 0.449 e. The molecule has 5 aliphatic rings. The van der Waals surface area contributed by atoms with Crippen LogP contribution in [0.1, 0.15) is 66.2 Å². The van der Waals surface area contributed by atoms with Crippen molar-refractivity contribution >= 4 is 17.6 Å². The van der Waals surface area contributed by atoms with Gasteiger partial charge in [0, 0.05) is 5.41 Å². The van der Waals surface area contributed by atoms with Crippen LogP contribution >= 0.6 is 0 Å². The normalized spacial score (nSPS) is 46.8. The first-order valence-electron chi connectivity index (χ1n) is 11.7. The Hall–Kier alpha value is -1.91. The van der Waals surface area contributed by atoms with Crippen LogP contribution in [0, 0.1) is 39.9 Å². The average Bonchev–Trinajstić information content (AvgIpc) is 3.39. The molecule has 5 heteroatoms. The van der Waals surface area contributed by atoms with Crippen molar-refractivity contribution in [1.82, 2.24) is 5.43 Å². The molecule has 0 saturated heterocycles. The zero-order valence-electron chi connectivity index (χ0n) is 18.7. The second-order valence-electron chi connectivity index (χ2n) is 10.7. The summed E-state index contributed by atoms with van der Waals surface area (Å²) in [7, 11) is 0. The van der Waals surface area contributed by atoms with Crippen LogP contribution < -0.4 is 5.43 Å².